The lowest BCUT2D eigenvalue weighted by atomic mass is 9.76. The van der Waals surface area contributed by atoms with Crippen LogP contribution in [0.1, 0.15) is 36.5 Å². The third-order valence-electron chi connectivity index (χ3n) is 7.13. The number of amides is 1. The van der Waals surface area contributed by atoms with Crippen molar-refractivity contribution in [1.82, 2.24) is 0 Å². The van der Waals surface area contributed by atoms with Gasteiger partial charge in [-0.2, -0.15) is 0 Å². The van der Waals surface area contributed by atoms with Gasteiger partial charge in [-0.15, -0.1) is 0 Å². The molecule has 2 aliphatic carbocycles. The highest BCUT2D eigenvalue weighted by molar-refractivity contribution is 7.92. The van der Waals surface area contributed by atoms with Crippen molar-refractivity contribution in [3.05, 3.63) is 63.8 Å². The van der Waals surface area contributed by atoms with E-state index >= 15 is 0 Å². The minimum absolute atomic E-state index is 0.0620. The van der Waals surface area contributed by atoms with Crippen LogP contribution < -0.4 is 5.32 Å². The molecule has 2 fully saturated rings. The van der Waals surface area contributed by atoms with Gasteiger partial charge in [-0.25, -0.2) is 21.6 Å². The van der Waals surface area contributed by atoms with E-state index in [-0.39, 0.29) is 35.7 Å². The number of hydrogen-bond acceptors (Lipinski definition) is 6. The van der Waals surface area contributed by atoms with Gasteiger partial charge < -0.3 is 15.5 Å². The number of sulfone groups is 1. The molecule has 0 saturated heterocycles. The molecule has 0 spiro atoms. The second-order valence-electron chi connectivity index (χ2n) is 9.52. The standard InChI is InChI=1S/C23H23F3N4O5S/c1-11-4-13-8-23(33,10-31)9-15(11)21(13)36(34,35)19-5-12(2-3-18(19)29-30-27)22(32)28-14-6-16(24)20(26)17(25)7-14/h2-3,5-7,11,13,15,21,31,33H,4,8-10H2,1H3,(H,28,32)/t11-,13?,15?,21+,23+/m0/s1. The van der Waals surface area contributed by atoms with Gasteiger partial charge in [0.2, 0.25) is 0 Å². The van der Waals surface area contributed by atoms with E-state index in [1.807, 2.05) is 6.92 Å². The maximum absolute atomic E-state index is 13.8. The highest BCUT2D eigenvalue weighted by Gasteiger charge is 2.56. The van der Waals surface area contributed by atoms with Gasteiger partial charge >= 0.3 is 0 Å². The molecule has 0 aromatic heterocycles. The molecule has 2 aromatic carbocycles. The first kappa shape index (κ1) is 26.0. The minimum atomic E-state index is -4.20. The number of anilines is 1. The van der Waals surface area contributed by atoms with Crippen LogP contribution in [0.5, 0.6) is 0 Å². The molecule has 9 nitrogen and oxygen atoms in total. The van der Waals surface area contributed by atoms with Crippen molar-refractivity contribution in [1.29, 1.82) is 0 Å². The number of aliphatic hydroxyl groups is 2. The van der Waals surface area contributed by atoms with Crippen LogP contribution in [0, 0.1) is 35.2 Å². The van der Waals surface area contributed by atoms with Crippen LogP contribution in [-0.4, -0.2) is 42.0 Å². The zero-order chi connectivity index (χ0) is 26.4. The molecule has 5 atom stereocenters. The van der Waals surface area contributed by atoms with Gasteiger partial charge in [0, 0.05) is 28.3 Å². The van der Waals surface area contributed by atoms with Crippen LogP contribution in [-0.2, 0) is 9.84 Å². The fourth-order valence-electron chi connectivity index (χ4n) is 5.59. The second-order valence-corrected chi connectivity index (χ2v) is 11.6. The molecule has 2 bridgehead atoms. The highest BCUT2D eigenvalue weighted by Crippen LogP contribution is 2.54. The number of halogens is 3. The van der Waals surface area contributed by atoms with Crippen LogP contribution in [0.2, 0.25) is 0 Å². The Balaban J connectivity index is 1.72. The number of hydrogen-bond donors (Lipinski definition) is 3. The predicted molar refractivity (Wildman–Crippen MR) is 123 cm³/mol. The zero-order valence-corrected chi connectivity index (χ0v) is 19.8. The third kappa shape index (κ3) is 4.55. The van der Waals surface area contributed by atoms with Crippen molar-refractivity contribution in [2.75, 3.05) is 11.9 Å². The topological polar surface area (TPSA) is 152 Å². The van der Waals surface area contributed by atoms with Crippen molar-refractivity contribution in [3.63, 3.8) is 0 Å². The molecule has 13 heteroatoms. The van der Waals surface area contributed by atoms with E-state index in [0.29, 0.717) is 18.6 Å². The lowest BCUT2D eigenvalue weighted by Crippen LogP contribution is -2.48. The quantitative estimate of drug-likeness (QED) is 0.223. The zero-order valence-electron chi connectivity index (χ0n) is 19.0. The van der Waals surface area contributed by atoms with Crippen molar-refractivity contribution >= 4 is 27.1 Å². The lowest BCUT2D eigenvalue weighted by Gasteiger charge is -2.40. The summed E-state index contributed by atoms with van der Waals surface area (Å²) in [5.74, 6) is -6.68. The Morgan fingerprint density at radius 1 is 1.22 bits per heavy atom. The van der Waals surface area contributed by atoms with Gasteiger partial charge in [-0.1, -0.05) is 18.1 Å². The Kier molecular flexibility index (Phi) is 6.78. The summed E-state index contributed by atoms with van der Waals surface area (Å²) >= 11 is 0. The Morgan fingerprint density at radius 2 is 1.89 bits per heavy atom. The van der Waals surface area contributed by atoms with Crippen LogP contribution in [0.15, 0.2) is 40.3 Å². The Bertz CT molecular complexity index is 1360. The molecule has 0 aliphatic heterocycles. The van der Waals surface area contributed by atoms with Gasteiger partial charge in [0.15, 0.2) is 27.3 Å². The van der Waals surface area contributed by atoms with E-state index in [2.05, 4.69) is 15.3 Å². The number of nitrogens with one attached hydrogen (secondary N) is 1. The Labute approximate surface area is 204 Å². The molecule has 2 aromatic rings. The van der Waals surface area contributed by atoms with Crippen LogP contribution >= 0.6 is 0 Å². The van der Waals surface area contributed by atoms with Crippen molar-refractivity contribution in [2.45, 2.75) is 41.9 Å². The number of carbonyl (C=O) groups is 1. The lowest BCUT2D eigenvalue weighted by molar-refractivity contribution is -0.0614. The molecule has 192 valence electrons. The van der Waals surface area contributed by atoms with Gasteiger partial charge in [0.05, 0.1) is 28.0 Å². The summed E-state index contributed by atoms with van der Waals surface area (Å²) < 4.78 is 68.0. The normalized spacial score (nSPS) is 27.4. The SMILES string of the molecule is C[C@H]1CC2C[C@](O)(CO)CC1[C@@H]2S(=O)(=O)c1cc(C(=O)Nc2cc(F)c(F)c(F)c2)ccc1N=[N+]=[N-]. The Morgan fingerprint density at radius 3 is 2.47 bits per heavy atom. The van der Waals surface area contributed by atoms with Gasteiger partial charge in [-0.05, 0) is 54.7 Å². The molecular formula is C23H23F3N4O5S. The number of azide groups is 1. The summed E-state index contributed by atoms with van der Waals surface area (Å²) in [5, 5.41) is 25.0. The van der Waals surface area contributed by atoms with Crippen molar-refractivity contribution in [3.8, 4) is 0 Å². The monoisotopic (exact) mass is 524 g/mol. The summed E-state index contributed by atoms with van der Waals surface area (Å²) in [5.41, 5.74) is 6.73. The first-order valence-electron chi connectivity index (χ1n) is 11.1. The van der Waals surface area contributed by atoms with E-state index in [4.69, 9.17) is 5.53 Å². The van der Waals surface area contributed by atoms with Crippen LogP contribution in [0.4, 0.5) is 24.5 Å². The second kappa shape index (κ2) is 9.40. The first-order valence-corrected chi connectivity index (χ1v) is 12.7. The fraction of sp³-hybridized carbons (Fsp3) is 0.435. The maximum atomic E-state index is 13.8. The largest absolute Gasteiger partial charge is 0.393 e. The van der Waals surface area contributed by atoms with Gasteiger partial charge in [-0.3, -0.25) is 4.79 Å². The number of nitrogens with zero attached hydrogens (tertiary/aromatic N) is 3. The van der Waals surface area contributed by atoms with Gasteiger partial charge in [0.25, 0.3) is 5.91 Å². The molecule has 2 aliphatic rings. The average Bonchev–Trinajstić information content (AvgIpc) is 3.04. The molecule has 3 N–H and O–H groups in total. The molecule has 0 radical (unpaired) electrons. The molecule has 4 rings (SSSR count). The summed E-state index contributed by atoms with van der Waals surface area (Å²) in [4.78, 5) is 15.0. The molecule has 36 heavy (non-hydrogen) atoms. The number of carbonyl (C=O) groups excluding carboxylic acids is 1. The van der Waals surface area contributed by atoms with Crippen molar-refractivity contribution < 1.29 is 36.6 Å². The number of fused-ring (bicyclic) bond motifs is 2. The van der Waals surface area contributed by atoms with E-state index in [0.717, 1.165) is 12.1 Å². The van der Waals surface area contributed by atoms with Crippen LogP contribution in [0.3, 0.4) is 0 Å². The van der Waals surface area contributed by atoms with E-state index in [1.165, 1.54) is 6.07 Å². The van der Waals surface area contributed by atoms with E-state index in [9.17, 15) is 36.6 Å². The third-order valence-corrected chi connectivity index (χ3v) is 9.52. The smallest absolute Gasteiger partial charge is 0.255 e. The molecule has 1 amide bonds. The minimum Gasteiger partial charge on any atom is -0.393 e. The number of aliphatic hydroxyl groups excluding tert-OH is 1. The summed E-state index contributed by atoms with van der Waals surface area (Å²) in [6, 6.07) is 4.49. The number of rotatable bonds is 6. The van der Waals surface area contributed by atoms with Crippen LogP contribution in [0.25, 0.3) is 10.4 Å². The van der Waals surface area contributed by atoms with E-state index < -0.39 is 67.4 Å². The molecule has 2 saturated carbocycles. The number of benzene rings is 2. The molecule has 2 unspecified atom stereocenters. The molecular weight excluding hydrogens is 501 g/mol. The summed E-state index contributed by atoms with van der Waals surface area (Å²) in [6.45, 7) is 1.37. The fourth-order valence-corrected chi connectivity index (χ4v) is 8.11. The van der Waals surface area contributed by atoms with E-state index in [1.54, 1.807) is 0 Å². The Hall–Kier alpha value is -3.12. The highest BCUT2D eigenvalue weighted by atomic mass is 32.2. The molecule has 0 heterocycles. The van der Waals surface area contributed by atoms with Crippen molar-refractivity contribution in [2.24, 2.45) is 22.9 Å². The maximum Gasteiger partial charge on any atom is 0.255 e. The summed E-state index contributed by atoms with van der Waals surface area (Å²) in [6.07, 6.45) is 0.659. The first-order chi connectivity index (χ1) is 16.9. The predicted octanol–water partition coefficient (Wildman–Crippen LogP) is 4.23. The van der Waals surface area contributed by atoms with Gasteiger partial charge in [0.1, 0.15) is 0 Å². The average molecular weight is 525 g/mol. The summed E-state index contributed by atoms with van der Waals surface area (Å²) in [7, 11) is -4.20.